The Hall–Kier alpha value is -0.420. The van der Waals surface area contributed by atoms with Gasteiger partial charge in [0.25, 0.3) is 5.97 Å². The quantitative estimate of drug-likeness (QED) is 0.658. The maximum Gasteiger partial charge on any atom is 0.287 e. The first-order chi connectivity index (χ1) is 7.76. The molecule has 0 bridgehead atoms. The van der Waals surface area contributed by atoms with Crippen molar-refractivity contribution in [3.63, 3.8) is 0 Å². The Bertz CT molecular complexity index is 255. The first-order valence-electron chi connectivity index (χ1n) is 5.69. The van der Waals surface area contributed by atoms with Crippen LogP contribution in [0.25, 0.3) is 0 Å². The Labute approximate surface area is 101 Å². The number of hydrogen-bond donors (Lipinski definition) is 0. The van der Waals surface area contributed by atoms with Crippen molar-refractivity contribution < 1.29 is 14.2 Å². The molecule has 92 valence electrons. The van der Waals surface area contributed by atoms with Gasteiger partial charge in [0.05, 0.1) is 6.42 Å². The molecule has 0 N–H and O–H groups in total. The van der Waals surface area contributed by atoms with E-state index in [0.717, 1.165) is 0 Å². The maximum absolute atomic E-state index is 5.64. The smallest absolute Gasteiger partial charge is 0.287 e. The summed E-state index contributed by atoms with van der Waals surface area (Å²) >= 11 is 1.67. The second-order valence-corrected chi connectivity index (χ2v) is 4.07. The van der Waals surface area contributed by atoms with Gasteiger partial charge in [0.2, 0.25) is 0 Å². The highest BCUT2D eigenvalue weighted by Crippen LogP contribution is 2.23. The molecular formula is C12H20O3S. The van der Waals surface area contributed by atoms with Gasteiger partial charge in [-0.3, -0.25) is 0 Å². The zero-order valence-electron chi connectivity index (χ0n) is 10.2. The molecule has 1 heterocycles. The molecule has 0 aliphatic rings. The molecule has 1 aromatic heterocycles. The molecule has 0 radical (unpaired) electrons. The lowest BCUT2D eigenvalue weighted by atomic mass is 10.2. The molecule has 0 unspecified atom stereocenters. The lowest BCUT2D eigenvalue weighted by molar-refractivity contribution is -0.375. The summed E-state index contributed by atoms with van der Waals surface area (Å²) in [4.78, 5) is 0. The van der Waals surface area contributed by atoms with Gasteiger partial charge in [-0.1, -0.05) is 0 Å². The molecule has 4 heteroatoms. The largest absolute Gasteiger partial charge is 0.327 e. The summed E-state index contributed by atoms with van der Waals surface area (Å²) in [7, 11) is 0. The fourth-order valence-electron chi connectivity index (χ4n) is 1.58. The van der Waals surface area contributed by atoms with Gasteiger partial charge >= 0.3 is 0 Å². The summed E-state index contributed by atoms with van der Waals surface area (Å²) in [5, 5.41) is 4.13. The van der Waals surface area contributed by atoms with Crippen LogP contribution in [0.3, 0.4) is 0 Å². The Balaban J connectivity index is 2.73. The fourth-order valence-corrected chi connectivity index (χ4v) is 2.25. The van der Waals surface area contributed by atoms with E-state index < -0.39 is 5.97 Å². The lowest BCUT2D eigenvalue weighted by Gasteiger charge is -2.32. The van der Waals surface area contributed by atoms with Gasteiger partial charge in [-0.25, -0.2) is 0 Å². The molecule has 0 atom stereocenters. The predicted octanol–water partition coefficient (Wildman–Crippen LogP) is 3.05. The zero-order chi connectivity index (χ0) is 11.9. The molecule has 0 saturated heterocycles. The highest BCUT2D eigenvalue weighted by Gasteiger charge is 2.32. The summed E-state index contributed by atoms with van der Waals surface area (Å²) in [5.41, 5.74) is 1.18. The van der Waals surface area contributed by atoms with E-state index in [9.17, 15) is 0 Å². The van der Waals surface area contributed by atoms with Crippen molar-refractivity contribution in [3.05, 3.63) is 22.4 Å². The average molecular weight is 244 g/mol. The molecule has 0 saturated carbocycles. The van der Waals surface area contributed by atoms with Crippen LogP contribution in [0.15, 0.2) is 16.8 Å². The van der Waals surface area contributed by atoms with Crippen LogP contribution in [0.5, 0.6) is 0 Å². The molecule has 1 aromatic rings. The van der Waals surface area contributed by atoms with Crippen molar-refractivity contribution in [1.82, 2.24) is 0 Å². The molecule has 0 aliphatic carbocycles. The van der Waals surface area contributed by atoms with E-state index in [0.29, 0.717) is 26.2 Å². The molecule has 0 amide bonds. The predicted molar refractivity (Wildman–Crippen MR) is 65.6 cm³/mol. The highest BCUT2D eigenvalue weighted by molar-refractivity contribution is 7.07. The van der Waals surface area contributed by atoms with Crippen molar-refractivity contribution in [3.8, 4) is 0 Å². The minimum atomic E-state index is -0.917. The van der Waals surface area contributed by atoms with Gasteiger partial charge in [0.1, 0.15) is 0 Å². The Morgan fingerprint density at radius 1 is 1.06 bits per heavy atom. The van der Waals surface area contributed by atoms with Gasteiger partial charge in [-0.2, -0.15) is 11.3 Å². The Morgan fingerprint density at radius 3 is 2.00 bits per heavy atom. The summed E-state index contributed by atoms with van der Waals surface area (Å²) in [6.07, 6.45) is 0.631. The zero-order valence-corrected chi connectivity index (χ0v) is 11.0. The van der Waals surface area contributed by atoms with Crippen LogP contribution in [0.4, 0.5) is 0 Å². The first kappa shape index (κ1) is 13.6. The number of thiophene rings is 1. The molecule has 3 nitrogen and oxygen atoms in total. The standard InChI is InChI=1S/C12H20O3S/c1-4-13-12(14-5-2,15-6-3)9-11-7-8-16-10-11/h7-8,10H,4-6,9H2,1-3H3. The van der Waals surface area contributed by atoms with Gasteiger partial charge < -0.3 is 14.2 Å². The third kappa shape index (κ3) is 3.87. The summed E-state index contributed by atoms with van der Waals surface area (Å²) in [6.45, 7) is 7.56. The highest BCUT2D eigenvalue weighted by atomic mass is 32.1. The molecule has 0 fully saturated rings. The van der Waals surface area contributed by atoms with E-state index in [1.165, 1.54) is 5.56 Å². The lowest BCUT2D eigenvalue weighted by Crippen LogP contribution is -2.41. The van der Waals surface area contributed by atoms with Gasteiger partial charge in [0.15, 0.2) is 0 Å². The number of hydrogen-bond acceptors (Lipinski definition) is 4. The van der Waals surface area contributed by atoms with Crippen LogP contribution in [-0.2, 0) is 20.6 Å². The SMILES string of the molecule is CCOC(Cc1ccsc1)(OCC)OCC. The summed E-state index contributed by atoms with van der Waals surface area (Å²) < 4.78 is 16.9. The van der Waals surface area contributed by atoms with E-state index in [-0.39, 0.29) is 0 Å². The Morgan fingerprint density at radius 2 is 1.62 bits per heavy atom. The van der Waals surface area contributed by atoms with Crippen molar-refractivity contribution in [2.45, 2.75) is 33.2 Å². The van der Waals surface area contributed by atoms with Crippen molar-refractivity contribution in [2.75, 3.05) is 19.8 Å². The first-order valence-corrected chi connectivity index (χ1v) is 6.63. The van der Waals surface area contributed by atoms with Crippen LogP contribution >= 0.6 is 11.3 Å². The van der Waals surface area contributed by atoms with Crippen LogP contribution in [0.1, 0.15) is 26.3 Å². The third-order valence-corrected chi connectivity index (χ3v) is 2.83. The molecule has 0 spiro atoms. The third-order valence-electron chi connectivity index (χ3n) is 2.09. The van der Waals surface area contributed by atoms with E-state index in [1.807, 2.05) is 26.2 Å². The van der Waals surface area contributed by atoms with Crippen LogP contribution in [0, 0.1) is 0 Å². The van der Waals surface area contributed by atoms with Crippen LogP contribution < -0.4 is 0 Å². The van der Waals surface area contributed by atoms with Crippen molar-refractivity contribution in [2.24, 2.45) is 0 Å². The van der Waals surface area contributed by atoms with Crippen LogP contribution in [0.2, 0.25) is 0 Å². The normalized spacial score (nSPS) is 11.9. The monoisotopic (exact) mass is 244 g/mol. The van der Waals surface area contributed by atoms with E-state index in [4.69, 9.17) is 14.2 Å². The molecule has 1 rings (SSSR count). The molecule has 0 aromatic carbocycles. The van der Waals surface area contributed by atoms with Gasteiger partial charge in [0, 0.05) is 19.8 Å². The minimum absolute atomic E-state index is 0.574. The van der Waals surface area contributed by atoms with Crippen molar-refractivity contribution >= 4 is 11.3 Å². The van der Waals surface area contributed by atoms with Crippen LogP contribution in [-0.4, -0.2) is 25.8 Å². The van der Waals surface area contributed by atoms with Gasteiger partial charge in [-0.05, 0) is 43.2 Å². The summed E-state index contributed by atoms with van der Waals surface area (Å²) in [5.74, 6) is -0.917. The average Bonchev–Trinajstić information content (AvgIpc) is 2.71. The topological polar surface area (TPSA) is 27.7 Å². The van der Waals surface area contributed by atoms with Gasteiger partial charge in [-0.15, -0.1) is 0 Å². The Kier molecular flexibility index (Phi) is 5.98. The van der Waals surface area contributed by atoms with E-state index in [2.05, 4.69) is 11.4 Å². The second-order valence-electron chi connectivity index (χ2n) is 3.29. The van der Waals surface area contributed by atoms with Crippen molar-refractivity contribution in [1.29, 1.82) is 0 Å². The molecule has 0 aliphatic heterocycles. The summed E-state index contributed by atoms with van der Waals surface area (Å²) in [6, 6.07) is 2.07. The maximum atomic E-state index is 5.64. The number of ether oxygens (including phenoxy) is 3. The van der Waals surface area contributed by atoms with E-state index in [1.54, 1.807) is 11.3 Å². The second kappa shape index (κ2) is 7.01. The van der Waals surface area contributed by atoms with E-state index >= 15 is 0 Å². The minimum Gasteiger partial charge on any atom is -0.327 e. The molecule has 16 heavy (non-hydrogen) atoms. The fraction of sp³-hybridized carbons (Fsp3) is 0.667. The number of rotatable bonds is 8. The molecular weight excluding hydrogens is 224 g/mol.